The minimum atomic E-state index is -0.369. The third-order valence-corrected chi connectivity index (χ3v) is 2.30. The predicted molar refractivity (Wildman–Crippen MR) is 58.8 cm³/mol. The number of ether oxygens (including phenoxy) is 1. The Morgan fingerprint density at radius 1 is 1.40 bits per heavy atom. The number of rotatable bonds is 1. The van der Waals surface area contributed by atoms with Crippen molar-refractivity contribution in [3.8, 4) is 0 Å². The maximum absolute atomic E-state index is 11.5. The lowest BCUT2D eigenvalue weighted by Gasteiger charge is -2.02. The Morgan fingerprint density at radius 2 is 2.13 bits per heavy atom. The second-order valence-electron chi connectivity index (χ2n) is 3.47. The Labute approximate surface area is 87.0 Å². The van der Waals surface area contributed by atoms with E-state index in [9.17, 15) is 4.79 Å². The van der Waals surface area contributed by atoms with Gasteiger partial charge in [-0.15, -0.1) is 0 Å². The number of nitrogens with two attached hydrogens (primary N) is 1. The maximum Gasteiger partial charge on any atom is 0.338 e. The number of nitrogen functional groups attached to an aromatic ring is 1. The lowest BCUT2D eigenvalue weighted by molar-refractivity contribution is 0.0603. The third-order valence-electron chi connectivity index (χ3n) is 2.30. The van der Waals surface area contributed by atoms with Crippen molar-refractivity contribution >= 4 is 22.6 Å². The maximum atomic E-state index is 11.5. The minimum absolute atomic E-state index is 0.369. The van der Waals surface area contributed by atoms with Gasteiger partial charge in [0.05, 0.1) is 12.7 Å². The van der Waals surface area contributed by atoms with Crippen LogP contribution < -0.4 is 5.73 Å². The molecular formula is C11H12N2O2. The van der Waals surface area contributed by atoms with Crippen LogP contribution in [-0.2, 0) is 4.74 Å². The lowest BCUT2D eigenvalue weighted by Crippen LogP contribution is -2.02. The van der Waals surface area contributed by atoms with E-state index in [0.29, 0.717) is 11.3 Å². The number of carbonyl (C=O) groups excluding carboxylic acids is 1. The largest absolute Gasteiger partial charge is 0.465 e. The number of hydrogen-bond donors (Lipinski definition) is 2. The van der Waals surface area contributed by atoms with Crippen LogP contribution in [0.1, 0.15) is 16.1 Å². The summed E-state index contributed by atoms with van der Waals surface area (Å²) in [7, 11) is 1.36. The normalized spacial score (nSPS) is 10.5. The molecule has 0 amide bonds. The fraction of sp³-hybridized carbons (Fsp3) is 0.182. The van der Waals surface area contributed by atoms with E-state index in [1.54, 1.807) is 12.1 Å². The monoisotopic (exact) mass is 204 g/mol. The van der Waals surface area contributed by atoms with E-state index in [4.69, 9.17) is 10.5 Å². The molecule has 78 valence electrons. The van der Waals surface area contributed by atoms with E-state index >= 15 is 0 Å². The highest BCUT2D eigenvalue weighted by Crippen LogP contribution is 2.23. The number of fused-ring (bicyclic) bond motifs is 1. The van der Waals surface area contributed by atoms with Crippen molar-refractivity contribution in [1.82, 2.24) is 4.98 Å². The number of anilines is 1. The van der Waals surface area contributed by atoms with Crippen LogP contribution in [0.5, 0.6) is 0 Å². The van der Waals surface area contributed by atoms with Gasteiger partial charge in [0.25, 0.3) is 0 Å². The molecule has 4 nitrogen and oxygen atoms in total. The number of hydrogen-bond acceptors (Lipinski definition) is 3. The first-order valence-electron chi connectivity index (χ1n) is 4.59. The highest BCUT2D eigenvalue weighted by Gasteiger charge is 2.12. The lowest BCUT2D eigenvalue weighted by atomic mass is 10.1. The molecule has 0 bridgehead atoms. The van der Waals surface area contributed by atoms with E-state index in [0.717, 1.165) is 16.6 Å². The van der Waals surface area contributed by atoms with Gasteiger partial charge in [-0.05, 0) is 25.1 Å². The zero-order valence-electron chi connectivity index (χ0n) is 8.63. The molecule has 1 heterocycles. The molecular weight excluding hydrogens is 192 g/mol. The van der Waals surface area contributed by atoms with E-state index in [-0.39, 0.29) is 5.97 Å². The summed E-state index contributed by atoms with van der Waals surface area (Å²) in [6, 6.07) is 5.33. The molecule has 1 aromatic carbocycles. The summed E-state index contributed by atoms with van der Waals surface area (Å²) >= 11 is 0. The van der Waals surface area contributed by atoms with Crippen LogP contribution in [0.15, 0.2) is 18.2 Å². The molecule has 0 saturated heterocycles. The predicted octanol–water partition coefficient (Wildman–Crippen LogP) is 1.85. The molecule has 0 atom stereocenters. The van der Waals surface area contributed by atoms with Crippen LogP contribution in [-0.4, -0.2) is 18.1 Å². The van der Waals surface area contributed by atoms with Crippen molar-refractivity contribution < 1.29 is 9.53 Å². The fourth-order valence-electron chi connectivity index (χ4n) is 1.68. The van der Waals surface area contributed by atoms with E-state index in [1.165, 1.54) is 7.11 Å². The minimum Gasteiger partial charge on any atom is -0.465 e. The van der Waals surface area contributed by atoms with Crippen LogP contribution in [0.25, 0.3) is 10.9 Å². The van der Waals surface area contributed by atoms with E-state index in [2.05, 4.69) is 4.98 Å². The summed E-state index contributed by atoms with van der Waals surface area (Å²) in [6.45, 7) is 1.93. The van der Waals surface area contributed by atoms with Gasteiger partial charge >= 0.3 is 5.97 Å². The molecule has 2 aromatic rings. The Hall–Kier alpha value is -1.97. The molecule has 0 aliphatic carbocycles. The molecule has 0 fully saturated rings. The molecule has 0 saturated carbocycles. The number of aryl methyl sites for hydroxylation is 1. The van der Waals surface area contributed by atoms with Gasteiger partial charge in [-0.2, -0.15) is 0 Å². The fourth-order valence-corrected chi connectivity index (χ4v) is 1.68. The SMILES string of the molecule is COC(=O)c1cc(N)cc2[nH]c(C)cc12. The van der Waals surface area contributed by atoms with Crippen molar-refractivity contribution in [2.45, 2.75) is 6.92 Å². The highest BCUT2D eigenvalue weighted by molar-refractivity contribution is 6.05. The molecule has 0 aliphatic heterocycles. The van der Waals surface area contributed by atoms with Crippen LogP contribution in [0.3, 0.4) is 0 Å². The molecule has 0 aliphatic rings. The first-order chi connectivity index (χ1) is 7.11. The molecule has 0 radical (unpaired) electrons. The van der Waals surface area contributed by atoms with Crippen molar-refractivity contribution in [2.75, 3.05) is 12.8 Å². The van der Waals surface area contributed by atoms with Crippen molar-refractivity contribution in [3.63, 3.8) is 0 Å². The summed E-state index contributed by atoms with van der Waals surface area (Å²) in [5, 5.41) is 0.841. The first kappa shape index (κ1) is 9.58. The van der Waals surface area contributed by atoms with Gasteiger partial charge in [0, 0.05) is 22.3 Å². The first-order valence-corrected chi connectivity index (χ1v) is 4.59. The molecule has 4 heteroatoms. The van der Waals surface area contributed by atoms with Gasteiger partial charge in [-0.25, -0.2) is 4.79 Å². The number of aromatic nitrogens is 1. The number of methoxy groups -OCH3 is 1. The Kier molecular flexibility index (Phi) is 2.11. The summed E-state index contributed by atoms with van der Waals surface area (Å²) in [4.78, 5) is 14.6. The van der Waals surface area contributed by atoms with E-state index in [1.807, 2.05) is 13.0 Å². The zero-order chi connectivity index (χ0) is 11.0. The summed E-state index contributed by atoms with van der Waals surface area (Å²) in [5.74, 6) is -0.369. The van der Waals surface area contributed by atoms with Crippen molar-refractivity contribution in [2.24, 2.45) is 0 Å². The van der Waals surface area contributed by atoms with Gasteiger partial charge in [-0.3, -0.25) is 0 Å². The van der Waals surface area contributed by atoms with Gasteiger partial charge < -0.3 is 15.5 Å². The van der Waals surface area contributed by atoms with Crippen LogP contribution in [0.4, 0.5) is 5.69 Å². The van der Waals surface area contributed by atoms with Gasteiger partial charge in [0.2, 0.25) is 0 Å². The molecule has 3 N–H and O–H groups in total. The summed E-state index contributed by atoms with van der Waals surface area (Å²) in [5.41, 5.74) is 8.58. The van der Waals surface area contributed by atoms with Crippen molar-refractivity contribution in [1.29, 1.82) is 0 Å². The number of esters is 1. The zero-order valence-corrected chi connectivity index (χ0v) is 8.63. The number of nitrogens with one attached hydrogen (secondary N) is 1. The third kappa shape index (κ3) is 1.54. The van der Waals surface area contributed by atoms with Crippen LogP contribution in [0, 0.1) is 6.92 Å². The number of benzene rings is 1. The van der Waals surface area contributed by atoms with Gasteiger partial charge in [-0.1, -0.05) is 0 Å². The Morgan fingerprint density at radius 3 is 2.80 bits per heavy atom. The quantitative estimate of drug-likeness (QED) is 0.550. The number of H-pyrrole nitrogens is 1. The average molecular weight is 204 g/mol. The molecule has 15 heavy (non-hydrogen) atoms. The summed E-state index contributed by atoms with van der Waals surface area (Å²) < 4.78 is 4.70. The molecule has 0 unspecified atom stereocenters. The summed E-state index contributed by atoms with van der Waals surface area (Å²) in [6.07, 6.45) is 0. The van der Waals surface area contributed by atoms with Gasteiger partial charge in [0.1, 0.15) is 0 Å². The van der Waals surface area contributed by atoms with Crippen LogP contribution in [0.2, 0.25) is 0 Å². The van der Waals surface area contributed by atoms with E-state index < -0.39 is 0 Å². The standard InChI is InChI=1S/C11H12N2O2/c1-6-3-8-9(11(14)15-2)4-7(12)5-10(8)13-6/h3-5,13H,12H2,1-2H3. The second-order valence-corrected chi connectivity index (χ2v) is 3.47. The van der Waals surface area contributed by atoms with Crippen molar-refractivity contribution in [3.05, 3.63) is 29.5 Å². The highest BCUT2D eigenvalue weighted by atomic mass is 16.5. The van der Waals surface area contributed by atoms with Gasteiger partial charge in [0.15, 0.2) is 0 Å². The Bertz CT molecular complexity index is 529. The molecule has 0 spiro atoms. The topological polar surface area (TPSA) is 68.1 Å². The number of aromatic amines is 1. The molecule has 1 aromatic heterocycles. The second kappa shape index (κ2) is 3.31. The Balaban J connectivity index is 2.75. The number of carbonyl (C=O) groups is 1. The molecule has 2 rings (SSSR count). The smallest absolute Gasteiger partial charge is 0.338 e. The average Bonchev–Trinajstić information content (AvgIpc) is 2.55. The van der Waals surface area contributed by atoms with Crippen LogP contribution >= 0.6 is 0 Å².